The van der Waals surface area contributed by atoms with Crippen molar-refractivity contribution < 1.29 is 9.53 Å². The molecule has 1 aliphatic rings. The maximum absolute atomic E-state index is 11.7. The van der Waals surface area contributed by atoms with E-state index in [-0.39, 0.29) is 11.4 Å². The van der Waals surface area contributed by atoms with Crippen molar-refractivity contribution in [1.29, 1.82) is 0 Å². The van der Waals surface area contributed by atoms with Crippen LogP contribution in [0.2, 0.25) is 0 Å². The Hall–Kier alpha value is -3.53. The molecule has 0 spiro atoms. The lowest BCUT2D eigenvalue weighted by Crippen LogP contribution is -2.25. The van der Waals surface area contributed by atoms with Crippen molar-refractivity contribution in [3.8, 4) is 0 Å². The zero-order valence-corrected chi connectivity index (χ0v) is 19.7. The Morgan fingerprint density at radius 2 is 1.67 bits per heavy atom. The second kappa shape index (κ2) is 9.53. The molecule has 0 amide bonds. The molecule has 0 radical (unpaired) electrons. The van der Waals surface area contributed by atoms with Gasteiger partial charge in [0.05, 0.1) is 12.7 Å². The Morgan fingerprint density at radius 3 is 2.36 bits per heavy atom. The third-order valence-electron chi connectivity index (χ3n) is 6.50. The molecule has 0 N–H and O–H groups in total. The van der Waals surface area contributed by atoms with E-state index in [1.165, 1.54) is 31.1 Å². The predicted octanol–water partition coefficient (Wildman–Crippen LogP) is 6.78. The van der Waals surface area contributed by atoms with Gasteiger partial charge in [-0.2, -0.15) is 0 Å². The van der Waals surface area contributed by atoms with Crippen LogP contribution in [0, 0.1) is 0 Å². The van der Waals surface area contributed by atoms with E-state index in [1.54, 1.807) is 24.5 Å². The van der Waals surface area contributed by atoms with E-state index < -0.39 is 0 Å². The average Bonchev–Trinajstić information content (AvgIpc) is 2.84. The number of rotatable bonds is 5. The zero-order valence-electron chi connectivity index (χ0n) is 19.7. The summed E-state index contributed by atoms with van der Waals surface area (Å²) in [6.45, 7) is 6.99. The number of esters is 1. The van der Waals surface area contributed by atoms with Gasteiger partial charge in [0.1, 0.15) is 0 Å². The largest absolute Gasteiger partial charge is 0.465 e. The molecule has 4 rings (SSSR count). The molecule has 1 aliphatic carbocycles. The molecule has 2 aromatic carbocycles. The van der Waals surface area contributed by atoms with Gasteiger partial charge in [0.25, 0.3) is 0 Å². The Morgan fingerprint density at radius 1 is 1.00 bits per heavy atom. The van der Waals surface area contributed by atoms with Crippen LogP contribution in [0.25, 0.3) is 24.3 Å². The van der Waals surface area contributed by atoms with Gasteiger partial charge in [0, 0.05) is 12.4 Å². The lowest BCUT2D eigenvalue weighted by atomic mass is 9.68. The van der Waals surface area contributed by atoms with Gasteiger partial charge >= 0.3 is 5.97 Å². The number of benzene rings is 2. The fourth-order valence-corrected chi connectivity index (χ4v) is 4.40. The third kappa shape index (κ3) is 5.11. The number of methoxy groups -OCH3 is 1. The molecular formula is C29H30N2O2. The first kappa shape index (κ1) is 22.7. The second-order valence-corrected chi connectivity index (χ2v) is 9.28. The van der Waals surface area contributed by atoms with Crippen molar-refractivity contribution in [2.75, 3.05) is 7.11 Å². The highest BCUT2D eigenvalue weighted by Gasteiger charge is 2.31. The van der Waals surface area contributed by atoms with Gasteiger partial charge in [-0.1, -0.05) is 63.3 Å². The maximum Gasteiger partial charge on any atom is 0.337 e. The van der Waals surface area contributed by atoms with Crippen LogP contribution in [-0.2, 0) is 10.2 Å². The molecule has 1 aromatic heterocycles. The Bertz CT molecular complexity index is 1190. The molecule has 33 heavy (non-hydrogen) atoms. The summed E-state index contributed by atoms with van der Waals surface area (Å²) >= 11 is 0. The predicted molar refractivity (Wildman–Crippen MR) is 135 cm³/mol. The molecule has 168 valence electrons. The number of carbonyl (C=O) groups is 1. The van der Waals surface area contributed by atoms with Crippen LogP contribution in [-0.4, -0.2) is 23.0 Å². The topological polar surface area (TPSA) is 52.1 Å². The molecule has 1 unspecified atom stereocenters. The first-order chi connectivity index (χ1) is 15.9. The molecule has 3 aromatic rings. The summed E-state index contributed by atoms with van der Waals surface area (Å²) in [6.07, 6.45) is 14.2. The van der Waals surface area contributed by atoms with Crippen LogP contribution in [0.3, 0.4) is 0 Å². The van der Waals surface area contributed by atoms with Crippen molar-refractivity contribution in [1.82, 2.24) is 9.97 Å². The average molecular weight is 439 g/mol. The SMILES string of the molecule is COC(=O)c1ccc(/C=C/c2cc3c(cc2/C=C/c2ncccn2)C(C)CCC3(C)C)cc1. The van der Waals surface area contributed by atoms with Gasteiger partial charge in [-0.15, -0.1) is 0 Å². The van der Waals surface area contributed by atoms with E-state index in [9.17, 15) is 4.79 Å². The molecule has 0 aliphatic heterocycles. The summed E-state index contributed by atoms with van der Waals surface area (Å²) in [5.41, 5.74) is 6.88. The smallest absolute Gasteiger partial charge is 0.337 e. The number of hydrogen-bond donors (Lipinski definition) is 0. The summed E-state index contributed by atoms with van der Waals surface area (Å²) < 4.78 is 4.79. The van der Waals surface area contributed by atoms with Gasteiger partial charge < -0.3 is 4.74 Å². The van der Waals surface area contributed by atoms with Gasteiger partial charge in [0.2, 0.25) is 0 Å². The molecule has 0 saturated carbocycles. The fraction of sp³-hybridized carbons (Fsp3) is 0.276. The summed E-state index contributed by atoms with van der Waals surface area (Å²) in [5, 5.41) is 0. The van der Waals surface area contributed by atoms with E-state index in [0.29, 0.717) is 17.3 Å². The van der Waals surface area contributed by atoms with Crippen molar-refractivity contribution >= 4 is 30.3 Å². The summed E-state index contributed by atoms with van der Waals surface area (Å²) in [6, 6.07) is 13.9. The van der Waals surface area contributed by atoms with Gasteiger partial charge in [0.15, 0.2) is 5.82 Å². The maximum atomic E-state index is 11.7. The normalized spacial score (nSPS) is 17.3. The molecule has 0 saturated heterocycles. The van der Waals surface area contributed by atoms with Gasteiger partial charge in [-0.25, -0.2) is 14.8 Å². The summed E-state index contributed by atoms with van der Waals surface area (Å²) in [4.78, 5) is 20.3. The molecule has 4 nitrogen and oxygen atoms in total. The highest BCUT2D eigenvalue weighted by molar-refractivity contribution is 5.89. The monoisotopic (exact) mass is 438 g/mol. The molecule has 0 bridgehead atoms. The van der Waals surface area contributed by atoms with E-state index in [2.05, 4.69) is 61.1 Å². The first-order valence-electron chi connectivity index (χ1n) is 11.4. The Labute approximate surface area is 196 Å². The second-order valence-electron chi connectivity index (χ2n) is 9.28. The Balaban J connectivity index is 1.74. The molecule has 1 heterocycles. The van der Waals surface area contributed by atoms with Crippen molar-refractivity contribution in [3.05, 3.63) is 94.1 Å². The van der Waals surface area contributed by atoms with Crippen molar-refractivity contribution in [2.24, 2.45) is 0 Å². The van der Waals surface area contributed by atoms with Crippen LogP contribution in [0.4, 0.5) is 0 Å². The zero-order chi connectivity index (χ0) is 23.4. The number of hydrogen-bond acceptors (Lipinski definition) is 4. The van der Waals surface area contributed by atoms with Crippen molar-refractivity contribution in [3.63, 3.8) is 0 Å². The lowest BCUT2D eigenvalue weighted by Gasteiger charge is -2.36. The van der Waals surface area contributed by atoms with Crippen molar-refractivity contribution in [2.45, 2.75) is 44.9 Å². The van der Waals surface area contributed by atoms with Crippen LogP contribution < -0.4 is 0 Å². The van der Waals surface area contributed by atoms with Crippen LogP contribution in [0.15, 0.2) is 54.9 Å². The number of carbonyl (C=O) groups excluding carboxylic acids is 1. The number of nitrogens with zero attached hydrogens (tertiary/aromatic N) is 2. The number of fused-ring (bicyclic) bond motifs is 1. The quantitative estimate of drug-likeness (QED) is 0.325. The van der Waals surface area contributed by atoms with Crippen LogP contribution in [0.5, 0.6) is 0 Å². The fourth-order valence-electron chi connectivity index (χ4n) is 4.40. The summed E-state index contributed by atoms with van der Waals surface area (Å²) in [5.74, 6) is 0.904. The highest BCUT2D eigenvalue weighted by atomic mass is 16.5. The van der Waals surface area contributed by atoms with E-state index in [4.69, 9.17) is 4.74 Å². The standard InChI is InChI=1S/C29H30N2O2/c1-20-14-15-29(2,3)26-19-24(11-8-21-6-9-22(10-7-21)28(32)33-4)23(18-25(20)26)12-13-27-30-16-5-17-31-27/h5-13,16-20H,14-15H2,1-4H3/b11-8+,13-12+. The molecule has 1 atom stereocenters. The highest BCUT2D eigenvalue weighted by Crippen LogP contribution is 2.43. The lowest BCUT2D eigenvalue weighted by molar-refractivity contribution is 0.0600. The number of aromatic nitrogens is 2. The van der Waals surface area contributed by atoms with Crippen LogP contribution in [0.1, 0.15) is 83.5 Å². The Kier molecular flexibility index (Phi) is 6.55. The van der Waals surface area contributed by atoms with E-state index in [0.717, 1.165) is 16.7 Å². The molecule has 0 fully saturated rings. The van der Waals surface area contributed by atoms with E-state index in [1.807, 2.05) is 24.3 Å². The molecular weight excluding hydrogens is 408 g/mol. The third-order valence-corrected chi connectivity index (χ3v) is 6.50. The minimum Gasteiger partial charge on any atom is -0.465 e. The minimum atomic E-state index is -0.327. The first-order valence-corrected chi connectivity index (χ1v) is 11.4. The van der Waals surface area contributed by atoms with Gasteiger partial charge in [-0.3, -0.25) is 0 Å². The van der Waals surface area contributed by atoms with Crippen LogP contribution >= 0.6 is 0 Å². The number of ether oxygens (including phenoxy) is 1. The minimum absolute atomic E-state index is 0.150. The molecule has 4 heteroatoms. The van der Waals surface area contributed by atoms with Gasteiger partial charge in [-0.05, 0) is 76.3 Å². The summed E-state index contributed by atoms with van der Waals surface area (Å²) in [7, 11) is 1.39. The van der Waals surface area contributed by atoms with E-state index >= 15 is 0 Å².